The first-order valence-corrected chi connectivity index (χ1v) is 8.59. The summed E-state index contributed by atoms with van der Waals surface area (Å²) in [7, 11) is 0. The molecule has 0 radical (unpaired) electrons. The molecule has 2 aromatic carbocycles. The zero-order valence-corrected chi connectivity index (χ0v) is 14.0. The molecule has 1 atom stereocenters. The van der Waals surface area contributed by atoms with Gasteiger partial charge in [0, 0.05) is 12.5 Å². The number of aromatic nitrogens is 2. The molecule has 7 heteroatoms. The zero-order chi connectivity index (χ0) is 18.1. The summed E-state index contributed by atoms with van der Waals surface area (Å²) in [6.45, 7) is 2.25. The number of piperidine rings is 1. The van der Waals surface area contributed by atoms with Crippen LogP contribution in [-0.2, 0) is 0 Å². The molecule has 1 N–H and O–H groups in total. The van der Waals surface area contributed by atoms with Gasteiger partial charge in [-0.1, -0.05) is 6.07 Å². The van der Waals surface area contributed by atoms with Crippen LogP contribution >= 0.6 is 0 Å². The van der Waals surface area contributed by atoms with E-state index in [2.05, 4.69) is 10.4 Å². The molecule has 1 aliphatic heterocycles. The van der Waals surface area contributed by atoms with E-state index in [0.29, 0.717) is 23.4 Å². The van der Waals surface area contributed by atoms with Crippen molar-refractivity contribution in [2.75, 3.05) is 19.7 Å². The van der Waals surface area contributed by atoms with Crippen LogP contribution in [-0.4, -0.2) is 29.5 Å². The predicted octanol–water partition coefficient (Wildman–Crippen LogP) is 3.82. The number of fused-ring (bicyclic) bond motifs is 1. The fraction of sp³-hybridized carbons (Fsp3) is 0.316. The van der Waals surface area contributed by atoms with Crippen molar-refractivity contribution in [2.24, 2.45) is 5.92 Å². The first-order valence-electron chi connectivity index (χ1n) is 8.59. The van der Waals surface area contributed by atoms with Gasteiger partial charge in [-0.2, -0.15) is 0 Å². The fourth-order valence-corrected chi connectivity index (χ4v) is 3.29. The lowest BCUT2D eigenvalue weighted by atomic mass is 10.0. The van der Waals surface area contributed by atoms with Gasteiger partial charge in [-0.25, -0.2) is 17.9 Å². The highest BCUT2D eigenvalue weighted by atomic mass is 19.1. The molecule has 0 spiro atoms. The van der Waals surface area contributed by atoms with Gasteiger partial charge >= 0.3 is 0 Å². The summed E-state index contributed by atoms with van der Waals surface area (Å²) in [6.07, 6.45) is 2.10. The highest BCUT2D eigenvalue weighted by Crippen LogP contribution is 2.30. The Hall–Kier alpha value is -2.54. The monoisotopic (exact) mass is 361 g/mol. The second kappa shape index (κ2) is 6.99. The van der Waals surface area contributed by atoms with E-state index in [9.17, 15) is 13.2 Å². The summed E-state index contributed by atoms with van der Waals surface area (Å²) in [6, 6.07) is 7.54. The largest absolute Gasteiger partial charge is 0.476 e. The fourth-order valence-electron chi connectivity index (χ4n) is 3.29. The predicted molar refractivity (Wildman–Crippen MR) is 92.0 cm³/mol. The van der Waals surface area contributed by atoms with Crippen molar-refractivity contribution in [2.45, 2.75) is 12.8 Å². The van der Waals surface area contributed by atoms with E-state index >= 15 is 0 Å². The summed E-state index contributed by atoms with van der Waals surface area (Å²) in [5.41, 5.74) is 0.0745. The molecule has 0 amide bonds. The standard InChI is InChI=1S/C19H18F3N3O/c20-13-6-7-17-14(9-13)19(26-11-12-3-2-8-23-10-12)24-25(17)18-15(21)4-1-5-16(18)22/h1,4-7,9,12,23H,2-3,8,10-11H2. The summed E-state index contributed by atoms with van der Waals surface area (Å²) >= 11 is 0. The third-order valence-corrected chi connectivity index (χ3v) is 4.61. The molecular weight excluding hydrogens is 343 g/mol. The maximum Gasteiger partial charge on any atom is 0.241 e. The Labute approximate surface area is 148 Å². The topological polar surface area (TPSA) is 39.1 Å². The van der Waals surface area contributed by atoms with Crippen LogP contribution in [0.4, 0.5) is 13.2 Å². The Balaban J connectivity index is 1.75. The maximum atomic E-state index is 14.2. The van der Waals surface area contributed by atoms with Crippen LogP contribution in [0.15, 0.2) is 36.4 Å². The van der Waals surface area contributed by atoms with Gasteiger partial charge in [0.2, 0.25) is 5.88 Å². The van der Waals surface area contributed by atoms with E-state index < -0.39 is 17.5 Å². The van der Waals surface area contributed by atoms with Gasteiger partial charge in [-0.05, 0) is 49.7 Å². The summed E-state index contributed by atoms with van der Waals surface area (Å²) in [5, 5.41) is 7.92. The van der Waals surface area contributed by atoms with Crippen LogP contribution in [0.5, 0.6) is 5.88 Å². The number of ether oxygens (including phenoxy) is 1. The van der Waals surface area contributed by atoms with Gasteiger partial charge in [0.05, 0.1) is 17.5 Å². The lowest BCUT2D eigenvalue weighted by molar-refractivity contribution is 0.213. The number of hydrogen-bond acceptors (Lipinski definition) is 3. The SMILES string of the molecule is Fc1ccc2c(c1)c(OCC1CCCNC1)nn2-c1c(F)cccc1F. The lowest BCUT2D eigenvalue weighted by Crippen LogP contribution is -2.33. The molecule has 1 saturated heterocycles. The number of benzene rings is 2. The van der Waals surface area contributed by atoms with E-state index in [1.165, 1.54) is 24.3 Å². The molecule has 136 valence electrons. The summed E-state index contributed by atoms with van der Waals surface area (Å²) in [4.78, 5) is 0. The molecule has 1 unspecified atom stereocenters. The number of nitrogens with one attached hydrogen (secondary N) is 1. The van der Waals surface area contributed by atoms with E-state index in [1.807, 2.05) is 0 Å². The molecule has 3 aromatic rings. The molecule has 1 aromatic heterocycles. The first kappa shape index (κ1) is 16.9. The minimum Gasteiger partial charge on any atom is -0.476 e. The van der Waals surface area contributed by atoms with E-state index in [0.717, 1.165) is 42.7 Å². The smallest absolute Gasteiger partial charge is 0.241 e. The number of hydrogen-bond donors (Lipinski definition) is 1. The number of nitrogens with zero attached hydrogens (tertiary/aromatic N) is 2. The molecule has 0 saturated carbocycles. The van der Waals surface area contributed by atoms with Gasteiger partial charge in [0.15, 0.2) is 11.6 Å². The highest BCUT2D eigenvalue weighted by Gasteiger charge is 2.21. The van der Waals surface area contributed by atoms with Gasteiger partial charge < -0.3 is 10.1 Å². The number of halogens is 3. The minimum absolute atomic E-state index is 0.174. The van der Waals surface area contributed by atoms with E-state index in [4.69, 9.17) is 4.74 Å². The van der Waals surface area contributed by atoms with Gasteiger partial charge in [-0.15, -0.1) is 5.10 Å². The van der Waals surface area contributed by atoms with Gasteiger partial charge in [0.1, 0.15) is 11.5 Å². The third kappa shape index (κ3) is 3.14. The van der Waals surface area contributed by atoms with Crippen LogP contribution in [0.25, 0.3) is 16.6 Å². The number of rotatable bonds is 4. The van der Waals surface area contributed by atoms with Crippen LogP contribution < -0.4 is 10.1 Å². The van der Waals surface area contributed by atoms with Crippen molar-refractivity contribution in [3.8, 4) is 11.6 Å². The van der Waals surface area contributed by atoms with Crippen LogP contribution in [0.3, 0.4) is 0 Å². The molecule has 1 aliphatic rings. The number of para-hydroxylation sites is 1. The molecule has 1 fully saturated rings. The zero-order valence-electron chi connectivity index (χ0n) is 14.0. The summed E-state index contributed by atoms with van der Waals surface area (Å²) < 4.78 is 49.1. The molecule has 4 nitrogen and oxygen atoms in total. The molecule has 0 bridgehead atoms. The van der Waals surface area contributed by atoms with Crippen molar-refractivity contribution in [1.82, 2.24) is 15.1 Å². The Morgan fingerprint density at radius 1 is 1.15 bits per heavy atom. The van der Waals surface area contributed by atoms with Crippen molar-refractivity contribution < 1.29 is 17.9 Å². The third-order valence-electron chi connectivity index (χ3n) is 4.61. The van der Waals surface area contributed by atoms with Crippen LogP contribution in [0.2, 0.25) is 0 Å². The van der Waals surface area contributed by atoms with Gasteiger partial charge in [-0.3, -0.25) is 0 Å². The molecule has 0 aliphatic carbocycles. The Morgan fingerprint density at radius 2 is 1.96 bits per heavy atom. The quantitative estimate of drug-likeness (QED) is 0.768. The average molecular weight is 361 g/mol. The second-order valence-electron chi connectivity index (χ2n) is 6.47. The van der Waals surface area contributed by atoms with Crippen molar-refractivity contribution in [3.05, 3.63) is 53.8 Å². The van der Waals surface area contributed by atoms with E-state index in [1.54, 1.807) is 0 Å². The minimum atomic E-state index is -0.748. The summed E-state index contributed by atoms with van der Waals surface area (Å²) in [5.74, 6) is -1.46. The molecule has 4 rings (SSSR count). The molecule has 2 heterocycles. The Morgan fingerprint density at radius 3 is 2.69 bits per heavy atom. The molecular formula is C19H18F3N3O. The van der Waals surface area contributed by atoms with Crippen LogP contribution in [0, 0.1) is 23.4 Å². The Kier molecular flexibility index (Phi) is 4.55. The van der Waals surface area contributed by atoms with E-state index in [-0.39, 0.29) is 11.6 Å². The van der Waals surface area contributed by atoms with Crippen molar-refractivity contribution in [3.63, 3.8) is 0 Å². The van der Waals surface area contributed by atoms with Crippen molar-refractivity contribution >= 4 is 10.9 Å². The van der Waals surface area contributed by atoms with Crippen molar-refractivity contribution in [1.29, 1.82) is 0 Å². The highest BCUT2D eigenvalue weighted by molar-refractivity contribution is 5.86. The second-order valence-corrected chi connectivity index (χ2v) is 6.47. The maximum absolute atomic E-state index is 14.2. The Bertz CT molecular complexity index is 915. The lowest BCUT2D eigenvalue weighted by Gasteiger charge is -2.22. The molecule has 26 heavy (non-hydrogen) atoms. The van der Waals surface area contributed by atoms with Crippen LogP contribution in [0.1, 0.15) is 12.8 Å². The average Bonchev–Trinajstić information content (AvgIpc) is 2.98. The first-order chi connectivity index (χ1) is 12.6. The normalized spacial score (nSPS) is 17.6. The van der Waals surface area contributed by atoms with Gasteiger partial charge in [0.25, 0.3) is 0 Å².